The lowest BCUT2D eigenvalue weighted by molar-refractivity contribution is -0.0435. The first-order chi connectivity index (χ1) is 7.79. The third-order valence-electron chi connectivity index (χ3n) is 2.15. The Bertz CT molecular complexity index is 315. The van der Waals surface area contributed by atoms with Crippen molar-refractivity contribution in [2.75, 3.05) is 19.5 Å². The number of hydrogen-bond donors (Lipinski definition) is 3. The molecule has 2 rings (SSSR count). The molecule has 0 radical (unpaired) electrons. The highest BCUT2D eigenvalue weighted by Gasteiger charge is 2.25. The van der Waals surface area contributed by atoms with Crippen LogP contribution in [0.25, 0.3) is 0 Å². The predicted octanol–water partition coefficient (Wildman–Crippen LogP) is -0.0422. The number of benzene rings is 1. The molecule has 0 bridgehead atoms. The molecule has 0 aliphatic carbocycles. The Morgan fingerprint density at radius 2 is 1.75 bits per heavy atom. The van der Waals surface area contributed by atoms with Crippen LogP contribution in [0.2, 0.25) is 0 Å². The molecule has 1 heterocycles. The molecule has 0 atom stereocenters. The number of hydrogen-bond acceptors (Lipinski definition) is 5. The summed E-state index contributed by atoms with van der Waals surface area (Å²) < 4.78 is 10.6. The molecule has 0 aromatic heterocycles. The molecular weight excluding hydrogens is 227 g/mol. The van der Waals surface area contributed by atoms with E-state index in [0.717, 1.165) is 0 Å². The molecule has 2 N–H and O–H groups in total. The first kappa shape index (κ1) is 13.5. The molecule has 0 amide bonds. The van der Waals surface area contributed by atoms with Crippen LogP contribution in [0.5, 0.6) is 0 Å². The van der Waals surface area contributed by atoms with Crippen LogP contribution in [0.3, 0.4) is 0 Å². The maximum absolute atomic E-state index is 9.11. The highest BCUT2D eigenvalue weighted by molar-refractivity contribution is 7.79. The van der Waals surface area contributed by atoms with E-state index in [9.17, 15) is 0 Å². The topological polar surface area (TPSA) is 58.9 Å². The van der Waals surface area contributed by atoms with E-state index in [1.54, 1.807) is 24.5 Å². The van der Waals surface area contributed by atoms with Gasteiger partial charge in [-0.2, -0.15) is 12.6 Å². The molecule has 1 aromatic rings. The molecule has 0 unspecified atom stereocenters. The Hall–Kier alpha value is -0.525. The van der Waals surface area contributed by atoms with Gasteiger partial charge < -0.3 is 19.5 Å². The zero-order chi connectivity index (χ0) is 12.0. The third kappa shape index (κ3) is 3.23. The maximum Gasteiger partial charge on any atom is 0.488 e. The van der Waals surface area contributed by atoms with Crippen LogP contribution in [0.4, 0.5) is 0 Å². The van der Waals surface area contributed by atoms with Gasteiger partial charge in [0.2, 0.25) is 0 Å². The summed E-state index contributed by atoms with van der Waals surface area (Å²) in [6.07, 6.45) is 1.23. The molecule has 6 heteroatoms. The number of thiol groups is 1. The van der Waals surface area contributed by atoms with E-state index < -0.39 is 13.4 Å². The fourth-order valence-corrected chi connectivity index (χ4v) is 1.50. The average molecular weight is 242 g/mol. The Kier molecular flexibility index (Phi) is 5.86. The summed E-state index contributed by atoms with van der Waals surface area (Å²) in [4.78, 5) is 0. The predicted molar refractivity (Wildman–Crippen MR) is 65.8 cm³/mol. The lowest BCUT2D eigenvalue weighted by atomic mass is 9.77. The fraction of sp³-hybridized carbons (Fsp3) is 0.400. The van der Waals surface area contributed by atoms with Gasteiger partial charge in [0, 0.05) is 5.56 Å². The van der Waals surface area contributed by atoms with Gasteiger partial charge in [0.15, 0.2) is 6.29 Å². The lowest BCUT2D eigenvalue weighted by Gasteiger charge is -2.13. The second-order valence-electron chi connectivity index (χ2n) is 3.08. The van der Waals surface area contributed by atoms with Gasteiger partial charge in [0.05, 0.1) is 13.2 Å². The first-order valence-corrected chi connectivity index (χ1v) is 5.81. The second-order valence-corrected chi connectivity index (χ2v) is 3.08. The van der Waals surface area contributed by atoms with Crippen molar-refractivity contribution in [2.24, 2.45) is 0 Å². The maximum atomic E-state index is 9.11. The van der Waals surface area contributed by atoms with E-state index >= 15 is 0 Å². The van der Waals surface area contributed by atoms with E-state index in [0.29, 0.717) is 24.2 Å². The van der Waals surface area contributed by atoms with Crippen LogP contribution < -0.4 is 5.46 Å². The molecule has 1 fully saturated rings. The van der Waals surface area contributed by atoms with Crippen LogP contribution in [-0.4, -0.2) is 36.6 Å². The Balaban J connectivity index is 0.000000606. The molecule has 1 aliphatic heterocycles. The van der Waals surface area contributed by atoms with Crippen molar-refractivity contribution in [2.45, 2.75) is 6.29 Å². The van der Waals surface area contributed by atoms with E-state index in [1.165, 1.54) is 0 Å². The van der Waals surface area contributed by atoms with Crippen LogP contribution in [0, 0.1) is 0 Å². The molecule has 0 saturated carbocycles. The van der Waals surface area contributed by atoms with E-state index in [1.807, 2.05) is 6.07 Å². The van der Waals surface area contributed by atoms with Crippen molar-refractivity contribution in [3.8, 4) is 0 Å². The summed E-state index contributed by atoms with van der Waals surface area (Å²) in [5.41, 5.74) is 1.11. The highest BCUT2D eigenvalue weighted by Crippen LogP contribution is 2.21. The van der Waals surface area contributed by atoms with E-state index in [4.69, 9.17) is 19.5 Å². The normalized spacial score (nSPS) is 15.5. The monoisotopic (exact) mass is 242 g/mol. The zero-order valence-corrected chi connectivity index (χ0v) is 9.93. The summed E-state index contributed by atoms with van der Waals surface area (Å²) in [6, 6.07) is 6.97. The van der Waals surface area contributed by atoms with Crippen LogP contribution >= 0.6 is 12.6 Å². The summed E-state index contributed by atoms with van der Waals surface area (Å²) in [5, 5.41) is 18.2. The van der Waals surface area contributed by atoms with Crippen molar-refractivity contribution in [3.05, 3.63) is 29.8 Å². The Morgan fingerprint density at radius 1 is 1.19 bits per heavy atom. The minimum Gasteiger partial charge on any atom is -0.423 e. The van der Waals surface area contributed by atoms with Crippen molar-refractivity contribution >= 4 is 25.2 Å². The van der Waals surface area contributed by atoms with E-state index in [-0.39, 0.29) is 0 Å². The zero-order valence-electron chi connectivity index (χ0n) is 9.04. The van der Waals surface area contributed by atoms with Crippen molar-refractivity contribution in [1.82, 2.24) is 0 Å². The molecule has 1 saturated heterocycles. The minimum atomic E-state index is -1.49. The summed E-state index contributed by atoms with van der Waals surface area (Å²) in [7, 11) is -1.49. The molecule has 16 heavy (non-hydrogen) atoms. The van der Waals surface area contributed by atoms with E-state index in [2.05, 4.69) is 12.6 Å². The molecule has 4 nitrogen and oxygen atoms in total. The van der Waals surface area contributed by atoms with Crippen molar-refractivity contribution in [3.63, 3.8) is 0 Å². The van der Waals surface area contributed by atoms with Crippen LogP contribution in [0.15, 0.2) is 24.3 Å². The SMILES string of the molecule is CS.OB(O)c1ccccc1C1OCCO1. The van der Waals surface area contributed by atoms with Gasteiger partial charge in [-0.15, -0.1) is 0 Å². The van der Waals surface area contributed by atoms with Gasteiger partial charge in [-0.25, -0.2) is 0 Å². The third-order valence-corrected chi connectivity index (χ3v) is 2.15. The molecule has 0 spiro atoms. The fourth-order valence-electron chi connectivity index (χ4n) is 1.50. The average Bonchev–Trinajstić information content (AvgIpc) is 2.85. The first-order valence-electron chi connectivity index (χ1n) is 4.92. The molecule has 1 aliphatic rings. The van der Waals surface area contributed by atoms with Gasteiger partial charge >= 0.3 is 7.12 Å². The highest BCUT2D eigenvalue weighted by atomic mass is 32.1. The summed E-state index contributed by atoms with van der Waals surface area (Å²) >= 11 is 3.53. The summed E-state index contributed by atoms with van der Waals surface area (Å²) in [5.74, 6) is 0. The van der Waals surface area contributed by atoms with Crippen LogP contribution in [0.1, 0.15) is 11.9 Å². The van der Waals surface area contributed by atoms with Crippen molar-refractivity contribution in [1.29, 1.82) is 0 Å². The molecule has 1 aromatic carbocycles. The molecular formula is C10H15BO4S. The quantitative estimate of drug-likeness (QED) is 0.503. The number of ether oxygens (including phenoxy) is 2. The summed E-state index contributed by atoms with van der Waals surface area (Å²) in [6.45, 7) is 1.08. The van der Waals surface area contributed by atoms with Gasteiger partial charge in [0.1, 0.15) is 0 Å². The van der Waals surface area contributed by atoms with Gasteiger partial charge in [-0.1, -0.05) is 24.3 Å². The second kappa shape index (κ2) is 6.93. The lowest BCUT2D eigenvalue weighted by Crippen LogP contribution is -2.34. The van der Waals surface area contributed by atoms with Gasteiger partial charge in [0.25, 0.3) is 0 Å². The largest absolute Gasteiger partial charge is 0.488 e. The van der Waals surface area contributed by atoms with Gasteiger partial charge in [-0.3, -0.25) is 0 Å². The van der Waals surface area contributed by atoms with Crippen molar-refractivity contribution < 1.29 is 19.5 Å². The van der Waals surface area contributed by atoms with Crippen LogP contribution in [-0.2, 0) is 9.47 Å². The molecule has 88 valence electrons. The smallest absolute Gasteiger partial charge is 0.423 e. The minimum absolute atomic E-state index is 0.430. The number of rotatable bonds is 2. The van der Waals surface area contributed by atoms with Gasteiger partial charge in [-0.05, 0) is 11.7 Å². The standard InChI is InChI=1S/C9H11BO4.CH4S/c11-10(12)8-4-2-1-3-7(8)9-13-5-6-14-9;1-2/h1-4,9,11-12H,5-6H2;2H,1H3. The Morgan fingerprint density at radius 3 is 2.31 bits per heavy atom. The Labute approximate surface area is 101 Å².